The van der Waals surface area contributed by atoms with Crippen LogP contribution in [0.1, 0.15) is 25.0 Å². The summed E-state index contributed by atoms with van der Waals surface area (Å²) in [7, 11) is 0. The quantitative estimate of drug-likeness (QED) is 0.885. The molecule has 0 spiro atoms. The van der Waals surface area contributed by atoms with E-state index < -0.39 is 0 Å². The zero-order chi connectivity index (χ0) is 15.4. The number of pyridine rings is 1. The van der Waals surface area contributed by atoms with E-state index in [1.54, 1.807) is 12.4 Å². The normalized spacial score (nSPS) is 21.0. The number of aromatic nitrogens is 2. The standard InChI is InChI=1S/C16H19N3O2S/c20-14-5-1-3-11(14)9-18-15(21)7-13-10-22-16(19-13)12-4-2-6-17-8-12/h2,4,6,8,10-11,14,20H,1,3,5,7,9H2,(H,18,21). The van der Waals surface area contributed by atoms with Gasteiger partial charge in [0, 0.05) is 35.8 Å². The molecule has 2 aromatic heterocycles. The Hall–Kier alpha value is -1.79. The average Bonchev–Trinajstić information content (AvgIpc) is 3.15. The zero-order valence-electron chi connectivity index (χ0n) is 12.2. The van der Waals surface area contributed by atoms with Crippen molar-refractivity contribution in [1.82, 2.24) is 15.3 Å². The van der Waals surface area contributed by atoms with Crippen LogP contribution in [0.5, 0.6) is 0 Å². The van der Waals surface area contributed by atoms with Gasteiger partial charge in [0.1, 0.15) is 5.01 Å². The van der Waals surface area contributed by atoms with Gasteiger partial charge in [-0.1, -0.05) is 6.42 Å². The predicted octanol–water partition coefficient (Wildman–Crippen LogP) is 2.02. The van der Waals surface area contributed by atoms with E-state index >= 15 is 0 Å². The van der Waals surface area contributed by atoms with Crippen molar-refractivity contribution < 1.29 is 9.90 Å². The van der Waals surface area contributed by atoms with Crippen molar-refractivity contribution in [2.75, 3.05) is 6.54 Å². The lowest BCUT2D eigenvalue weighted by molar-refractivity contribution is -0.120. The van der Waals surface area contributed by atoms with Gasteiger partial charge in [-0.25, -0.2) is 4.98 Å². The number of carbonyl (C=O) groups is 1. The van der Waals surface area contributed by atoms with Gasteiger partial charge < -0.3 is 10.4 Å². The van der Waals surface area contributed by atoms with Gasteiger partial charge in [-0.05, 0) is 25.0 Å². The van der Waals surface area contributed by atoms with Gasteiger partial charge in [0.15, 0.2) is 0 Å². The third-order valence-electron chi connectivity index (χ3n) is 3.98. The van der Waals surface area contributed by atoms with Crippen LogP contribution in [0.4, 0.5) is 0 Å². The van der Waals surface area contributed by atoms with E-state index in [2.05, 4.69) is 15.3 Å². The van der Waals surface area contributed by atoms with Crippen molar-refractivity contribution in [3.05, 3.63) is 35.6 Å². The molecule has 1 fully saturated rings. The maximum atomic E-state index is 12.0. The molecule has 2 N–H and O–H groups in total. The Morgan fingerprint density at radius 2 is 2.36 bits per heavy atom. The lowest BCUT2D eigenvalue weighted by Crippen LogP contribution is -2.33. The van der Waals surface area contributed by atoms with Gasteiger partial charge in [-0.15, -0.1) is 11.3 Å². The minimum Gasteiger partial charge on any atom is -0.393 e. The van der Waals surface area contributed by atoms with E-state index in [1.807, 2.05) is 17.5 Å². The zero-order valence-corrected chi connectivity index (χ0v) is 13.1. The molecule has 0 radical (unpaired) electrons. The van der Waals surface area contributed by atoms with Gasteiger partial charge in [0.25, 0.3) is 0 Å². The van der Waals surface area contributed by atoms with Crippen molar-refractivity contribution in [1.29, 1.82) is 0 Å². The number of carbonyl (C=O) groups excluding carboxylic acids is 1. The molecule has 1 aliphatic carbocycles. The van der Waals surface area contributed by atoms with Gasteiger partial charge >= 0.3 is 0 Å². The second-order valence-electron chi connectivity index (χ2n) is 5.62. The Kier molecular flexibility index (Phi) is 4.80. The number of amides is 1. The van der Waals surface area contributed by atoms with Crippen LogP contribution in [0.3, 0.4) is 0 Å². The molecular formula is C16H19N3O2S. The SMILES string of the molecule is O=C(Cc1csc(-c2cccnc2)n1)NCC1CCCC1O. The Balaban J connectivity index is 1.53. The maximum absolute atomic E-state index is 12.0. The number of thiazole rings is 1. The number of aliphatic hydroxyl groups excluding tert-OH is 1. The molecule has 22 heavy (non-hydrogen) atoms. The van der Waals surface area contributed by atoms with Crippen LogP contribution in [0.25, 0.3) is 10.6 Å². The number of hydrogen-bond acceptors (Lipinski definition) is 5. The molecule has 0 aliphatic heterocycles. The lowest BCUT2D eigenvalue weighted by atomic mass is 10.1. The first-order valence-electron chi connectivity index (χ1n) is 7.52. The number of rotatable bonds is 5. The van der Waals surface area contributed by atoms with Crippen molar-refractivity contribution in [2.24, 2.45) is 5.92 Å². The summed E-state index contributed by atoms with van der Waals surface area (Å²) in [4.78, 5) is 20.5. The van der Waals surface area contributed by atoms with Crippen LogP contribution in [-0.4, -0.2) is 33.6 Å². The largest absolute Gasteiger partial charge is 0.393 e. The van der Waals surface area contributed by atoms with Crippen LogP contribution in [0.2, 0.25) is 0 Å². The molecule has 3 rings (SSSR count). The number of nitrogens with zero attached hydrogens (tertiary/aromatic N) is 2. The summed E-state index contributed by atoms with van der Waals surface area (Å²) in [5, 5.41) is 15.4. The molecule has 2 atom stereocenters. The van der Waals surface area contributed by atoms with Crippen molar-refractivity contribution in [3.8, 4) is 10.6 Å². The third kappa shape index (κ3) is 3.69. The fourth-order valence-corrected chi connectivity index (χ4v) is 3.55. The second-order valence-corrected chi connectivity index (χ2v) is 6.48. The molecule has 1 saturated carbocycles. The Morgan fingerprint density at radius 3 is 3.09 bits per heavy atom. The van der Waals surface area contributed by atoms with Crippen LogP contribution < -0.4 is 5.32 Å². The molecule has 0 bridgehead atoms. The molecule has 116 valence electrons. The van der Waals surface area contributed by atoms with Gasteiger partial charge in [0.2, 0.25) is 5.91 Å². The van der Waals surface area contributed by atoms with Crippen molar-refractivity contribution in [3.63, 3.8) is 0 Å². The molecule has 0 aromatic carbocycles. The topological polar surface area (TPSA) is 75.1 Å². The van der Waals surface area contributed by atoms with Crippen molar-refractivity contribution in [2.45, 2.75) is 31.8 Å². The maximum Gasteiger partial charge on any atom is 0.226 e. The highest BCUT2D eigenvalue weighted by molar-refractivity contribution is 7.13. The van der Waals surface area contributed by atoms with E-state index in [-0.39, 0.29) is 24.3 Å². The lowest BCUT2D eigenvalue weighted by Gasteiger charge is -2.14. The van der Waals surface area contributed by atoms with Gasteiger partial charge in [-0.2, -0.15) is 0 Å². The Bertz CT molecular complexity index is 629. The predicted molar refractivity (Wildman–Crippen MR) is 85.4 cm³/mol. The first-order chi connectivity index (χ1) is 10.7. The van der Waals surface area contributed by atoms with Crippen molar-refractivity contribution >= 4 is 17.2 Å². The van der Waals surface area contributed by atoms with Gasteiger partial charge in [0.05, 0.1) is 18.2 Å². The molecule has 2 aromatic rings. The van der Waals surface area contributed by atoms with Gasteiger partial charge in [-0.3, -0.25) is 9.78 Å². The molecular weight excluding hydrogens is 298 g/mol. The summed E-state index contributed by atoms with van der Waals surface area (Å²) < 4.78 is 0. The summed E-state index contributed by atoms with van der Waals surface area (Å²) in [5.74, 6) is 0.160. The molecule has 6 heteroatoms. The number of hydrogen-bond donors (Lipinski definition) is 2. The molecule has 1 aliphatic rings. The van der Waals surface area contributed by atoms with E-state index in [4.69, 9.17) is 0 Å². The minimum atomic E-state index is -0.267. The van der Waals surface area contributed by atoms with Crippen LogP contribution in [-0.2, 0) is 11.2 Å². The Morgan fingerprint density at radius 1 is 1.45 bits per heavy atom. The first-order valence-corrected chi connectivity index (χ1v) is 8.40. The first kappa shape index (κ1) is 15.1. The number of nitrogens with one attached hydrogen (secondary N) is 1. The third-order valence-corrected chi connectivity index (χ3v) is 4.92. The minimum absolute atomic E-state index is 0.0397. The molecule has 1 amide bonds. The monoisotopic (exact) mass is 317 g/mol. The molecule has 2 heterocycles. The second kappa shape index (κ2) is 6.98. The highest BCUT2D eigenvalue weighted by atomic mass is 32.1. The van der Waals surface area contributed by atoms with Crippen LogP contribution in [0.15, 0.2) is 29.9 Å². The fraction of sp³-hybridized carbons (Fsp3) is 0.438. The molecule has 0 saturated heterocycles. The highest BCUT2D eigenvalue weighted by Crippen LogP contribution is 2.25. The summed E-state index contributed by atoms with van der Waals surface area (Å²) >= 11 is 1.52. The Labute approximate surface area is 133 Å². The highest BCUT2D eigenvalue weighted by Gasteiger charge is 2.25. The summed E-state index contributed by atoms with van der Waals surface area (Å²) in [5.41, 5.74) is 1.74. The van der Waals surface area contributed by atoms with Crippen LogP contribution in [0, 0.1) is 5.92 Å². The van der Waals surface area contributed by atoms with E-state index in [0.717, 1.165) is 35.5 Å². The smallest absolute Gasteiger partial charge is 0.226 e. The molecule has 2 unspecified atom stereocenters. The summed E-state index contributed by atoms with van der Waals surface area (Å²) in [6, 6.07) is 3.83. The van der Waals surface area contributed by atoms with E-state index in [0.29, 0.717) is 6.54 Å². The number of aliphatic hydroxyl groups is 1. The summed E-state index contributed by atoms with van der Waals surface area (Å²) in [6.45, 7) is 0.555. The molecule has 5 nitrogen and oxygen atoms in total. The average molecular weight is 317 g/mol. The van der Waals surface area contributed by atoms with E-state index in [9.17, 15) is 9.90 Å². The fourth-order valence-electron chi connectivity index (χ4n) is 2.74. The van der Waals surface area contributed by atoms with E-state index in [1.165, 1.54) is 11.3 Å². The van der Waals surface area contributed by atoms with Crippen LogP contribution >= 0.6 is 11.3 Å². The summed E-state index contributed by atoms with van der Waals surface area (Å²) in [6.07, 6.45) is 6.39.